The molecule has 0 heterocycles. The molecule has 4 nitrogen and oxygen atoms in total. The SMILES string of the molecule is COc1ccc(N)c(NC(=O)C2CCC2)c1. The number of nitrogen functional groups attached to an aromatic ring is 1. The molecule has 0 unspecified atom stereocenters. The maximum Gasteiger partial charge on any atom is 0.227 e. The van der Waals surface area contributed by atoms with Crippen LogP contribution in [0.1, 0.15) is 19.3 Å². The quantitative estimate of drug-likeness (QED) is 0.766. The van der Waals surface area contributed by atoms with Gasteiger partial charge in [-0.3, -0.25) is 4.79 Å². The molecule has 1 aliphatic carbocycles. The molecule has 0 aromatic heterocycles. The molecule has 16 heavy (non-hydrogen) atoms. The number of hydrogen-bond acceptors (Lipinski definition) is 3. The summed E-state index contributed by atoms with van der Waals surface area (Å²) in [5, 5.41) is 2.84. The van der Waals surface area contributed by atoms with E-state index in [0.717, 1.165) is 19.3 Å². The van der Waals surface area contributed by atoms with Gasteiger partial charge in [-0.1, -0.05) is 6.42 Å². The molecule has 0 bridgehead atoms. The number of hydrogen-bond donors (Lipinski definition) is 2. The Kier molecular flexibility index (Phi) is 2.99. The Morgan fingerprint density at radius 3 is 2.81 bits per heavy atom. The summed E-state index contributed by atoms with van der Waals surface area (Å²) >= 11 is 0. The van der Waals surface area contributed by atoms with Crippen molar-refractivity contribution in [1.29, 1.82) is 0 Å². The number of benzene rings is 1. The Balaban J connectivity index is 2.09. The lowest BCUT2D eigenvalue weighted by atomic mass is 9.85. The van der Waals surface area contributed by atoms with Crippen LogP contribution in [0.25, 0.3) is 0 Å². The number of ether oxygens (including phenoxy) is 1. The average Bonchev–Trinajstić information content (AvgIpc) is 2.18. The number of carbonyl (C=O) groups is 1. The maximum absolute atomic E-state index is 11.7. The van der Waals surface area contributed by atoms with E-state index in [1.165, 1.54) is 0 Å². The molecule has 0 atom stereocenters. The average molecular weight is 220 g/mol. The Morgan fingerprint density at radius 2 is 2.25 bits per heavy atom. The van der Waals surface area contributed by atoms with E-state index in [-0.39, 0.29) is 11.8 Å². The molecule has 0 saturated heterocycles. The number of carbonyl (C=O) groups excluding carboxylic acids is 1. The largest absolute Gasteiger partial charge is 0.497 e. The zero-order valence-corrected chi connectivity index (χ0v) is 9.32. The molecule has 0 spiro atoms. The van der Waals surface area contributed by atoms with Crippen molar-refractivity contribution in [3.8, 4) is 5.75 Å². The summed E-state index contributed by atoms with van der Waals surface area (Å²) in [5.41, 5.74) is 6.98. The molecule has 0 radical (unpaired) electrons. The molecular formula is C12H16N2O2. The third kappa shape index (κ3) is 2.10. The number of amides is 1. The van der Waals surface area contributed by atoms with Gasteiger partial charge in [-0.15, -0.1) is 0 Å². The lowest BCUT2D eigenvalue weighted by Crippen LogP contribution is -2.28. The first-order valence-electron chi connectivity index (χ1n) is 5.45. The van der Waals surface area contributed by atoms with Crippen LogP contribution in [0, 0.1) is 5.92 Å². The first kappa shape index (κ1) is 10.8. The van der Waals surface area contributed by atoms with E-state index in [9.17, 15) is 4.79 Å². The molecule has 1 amide bonds. The zero-order valence-electron chi connectivity index (χ0n) is 9.32. The zero-order chi connectivity index (χ0) is 11.5. The van der Waals surface area contributed by atoms with Crippen molar-refractivity contribution in [3.05, 3.63) is 18.2 Å². The van der Waals surface area contributed by atoms with Crippen molar-refractivity contribution in [1.82, 2.24) is 0 Å². The van der Waals surface area contributed by atoms with Gasteiger partial charge in [0.1, 0.15) is 5.75 Å². The molecule has 4 heteroatoms. The van der Waals surface area contributed by atoms with Crippen molar-refractivity contribution < 1.29 is 9.53 Å². The molecular weight excluding hydrogens is 204 g/mol. The van der Waals surface area contributed by atoms with Crippen LogP contribution >= 0.6 is 0 Å². The summed E-state index contributed by atoms with van der Waals surface area (Å²) in [7, 11) is 1.59. The monoisotopic (exact) mass is 220 g/mol. The topological polar surface area (TPSA) is 64.3 Å². The number of nitrogens with two attached hydrogens (primary N) is 1. The van der Waals surface area contributed by atoms with E-state index in [0.29, 0.717) is 17.1 Å². The summed E-state index contributed by atoms with van der Waals surface area (Å²) in [6.07, 6.45) is 3.11. The smallest absolute Gasteiger partial charge is 0.227 e. The molecule has 0 aliphatic heterocycles. The first-order chi connectivity index (χ1) is 7.70. The van der Waals surface area contributed by atoms with Crippen molar-refractivity contribution in [2.24, 2.45) is 5.92 Å². The summed E-state index contributed by atoms with van der Waals surface area (Å²) in [6, 6.07) is 5.25. The van der Waals surface area contributed by atoms with Gasteiger partial charge < -0.3 is 15.8 Å². The first-order valence-corrected chi connectivity index (χ1v) is 5.45. The molecule has 2 rings (SSSR count). The second-order valence-electron chi connectivity index (χ2n) is 4.07. The van der Waals surface area contributed by atoms with Gasteiger partial charge in [0.2, 0.25) is 5.91 Å². The van der Waals surface area contributed by atoms with E-state index >= 15 is 0 Å². The van der Waals surface area contributed by atoms with Gasteiger partial charge in [-0.05, 0) is 25.0 Å². The van der Waals surface area contributed by atoms with E-state index in [4.69, 9.17) is 10.5 Å². The third-order valence-corrected chi connectivity index (χ3v) is 2.99. The second kappa shape index (κ2) is 4.43. The lowest BCUT2D eigenvalue weighted by molar-refractivity contribution is -0.122. The van der Waals surface area contributed by atoms with Crippen LogP contribution in [0.5, 0.6) is 5.75 Å². The molecule has 1 saturated carbocycles. The van der Waals surface area contributed by atoms with Crippen LogP contribution in [-0.4, -0.2) is 13.0 Å². The molecule has 86 valence electrons. The number of rotatable bonds is 3. The summed E-state index contributed by atoms with van der Waals surface area (Å²) in [6.45, 7) is 0. The Morgan fingerprint density at radius 1 is 1.50 bits per heavy atom. The van der Waals surface area contributed by atoms with E-state index in [2.05, 4.69) is 5.32 Å². The van der Waals surface area contributed by atoms with Gasteiger partial charge in [0.05, 0.1) is 18.5 Å². The highest BCUT2D eigenvalue weighted by Gasteiger charge is 2.25. The van der Waals surface area contributed by atoms with Gasteiger partial charge in [-0.25, -0.2) is 0 Å². The fourth-order valence-electron chi connectivity index (χ4n) is 1.68. The molecule has 3 N–H and O–H groups in total. The fraction of sp³-hybridized carbons (Fsp3) is 0.417. The van der Waals surface area contributed by atoms with Crippen molar-refractivity contribution in [2.75, 3.05) is 18.2 Å². The molecule has 1 fully saturated rings. The molecule has 1 aromatic carbocycles. The normalized spacial score (nSPS) is 15.3. The molecule has 1 aliphatic rings. The van der Waals surface area contributed by atoms with Gasteiger partial charge in [-0.2, -0.15) is 0 Å². The van der Waals surface area contributed by atoms with Crippen LogP contribution in [0.3, 0.4) is 0 Å². The van der Waals surface area contributed by atoms with Gasteiger partial charge >= 0.3 is 0 Å². The summed E-state index contributed by atoms with van der Waals surface area (Å²) < 4.78 is 5.09. The van der Waals surface area contributed by atoms with Crippen molar-refractivity contribution >= 4 is 17.3 Å². The van der Waals surface area contributed by atoms with E-state index in [1.54, 1.807) is 25.3 Å². The van der Waals surface area contributed by atoms with Gasteiger partial charge in [0.25, 0.3) is 0 Å². The van der Waals surface area contributed by atoms with Crippen molar-refractivity contribution in [3.63, 3.8) is 0 Å². The highest BCUT2D eigenvalue weighted by atomic mass is 16.5. The summed E-state index contributed by atoms with van der Waals surface area (Å²) in [4.78, 5) is 11.7. The fourth-order valence-corrected chi connectivity index (χ4v) is 1.68. The third-order valence-electron chi connectivity index (χ3n) is 2.99. The Hall–Kier alpha value is -1.71. The second-order valence-corrected chi connectivity index (χ2v) is 4.07. The Bertz CT molecular complexity index is 400. The minimum absolute atomic E-state index is 0.0613. The van der Waals surface area contributed by atoms with E-state index in [1.807, 2.05) is 0 Å². The van der Waals surface area contributed by atoms with Crippen molar-refractivity contribution in [2.45, 2.75) is 19.3 Å². The Labute approximate surface area is 94.8 Å². The number of methoxy groups -OCH3 is 1. The minimum Gasteiger partial charge on any atom is -0.497 e. The van der Waals surface area contributed by atoms with Crippen LogP contribution < -0.4 is 15.8 Å². The number of anilines is 2. The van der Waals surface area contributed by atoms with Gasteiger partial charge in [0, 0.05) is 12.0 Å². The van der Waals surface area contributed by atoms with E-state index < -0.39 is 0 Å². The highest BCUT2D eigenvalue weighted by Crippen LogP contribution is 2.30. The predicted octanol–water partition coefficient (Wildman–Crippen LogP) is 2.02. The predicted molar refractivity (Wildman–Crippen MR) is 63.4 cm³/mol. The van der Waals surface area contributed by atoms with Crippen LogP contribution in [0.2, 0.25) is 0 Å². The van der Waals surface area contributed by atoms with Gasteiger partial charge in [0.15, 0.2) is 0 Å². The van der Waals surface area contributed by atoms with Crippen LogP contribution in [-0.2, 0) is 4.79 Å². The maximum atomic E-state index is 11.7. The van der Waals surface area contributed by atoms with Crippen LogP contribution in [0.4, 0.5) is 11.4 Å². The minimum atomic E-state index is 0.0613. The lowest BCUT2D eigenvalue weighted by Gasteiger charge is -2.24. The van der Waals surface area contributed by atoms with Crippen LogP contribution in [0.15, 0.2) is 18.2 Å². The molecule has 1 aromatic rings. The summed E-state index contributed by atoms with van der Waals surface area (Å²) in [5.74, 6) is 0.912. The standard InChI is InChI=1S/C12H16N2O2/c1-16-9-5-6-10(13)11(7-9)14-12(15)8-3-2-4-8/h5-8H,2-4,13H2,1H3,(H,14,15). The highest BCUT2D eigenvalue weighted by molar-refractivity contribution is 5.96. The number of nitrogens with one attached hydrogen (secondary N) is 1.